The van der Waals surface area contributed by atoms with Crippen molar-refractivity contribution >= 4 is 5.91 Å². The molecular weight excluding hydrogens is 396 g/mol. The molecule has 0 bridgehead atoms. The van der Waals surface area contributed by atoms with Gasteiger partial charge in [-0.3, -0.25) is 4.79 Å². The molecule has 172 valence electrons. The topological polar surface area (TPSA) is 221 Å². The molecule has 10 N–H and O–H groups in total. The van der Waals surface area contributed by atoms with Gasteiger partial charge in [0, 0.05) is 6.54 Å². The van der Waals surface area contributed by atoms with Crippen LogP contribution in [0.2, 0.25) is 0 Å². The van der Waals surface area contributed by atoms with Crippen LogP contribution in [-0.4, -0.2) is 135 Å². The number of amides is 1. The van der Waals surface area contributed by atoms with E-state index in [2.05, 4.69) is 10.6 Å². The maximum absolute atomic E-state index is 12.0. The van der Waals surface area contributed by atoms with Crippen molar-refractivity contribution in [2.45, 2.75) is 61.5 Å². The highest BCUT2D eigenvalue weighted by Crippen LogP contribution is 2.25. The van der Waals surface area contributed by atoms with Gasteiger partial charge in [0.25, 0.3) is 5.91 Å². The number of carbonyl (C=O) groups excluding carboxylic acids is 1. The van der Waals surface area contributed by atoms with Crippen molar-refractivity contribution in [3.8, 4) is 0 Å². The first-order valence-electron chi connectivity index (χ1n) is 9.22. The number of rotatable bonds is 12. The number of aliphatic hydroxyl groups is 8. The molecule has 0 aliphatic carbocycles. The number of nitrogens with one attached hydrogen (secondary N) is 2. The molecule has 1 heterocycles. The Hall–Kier alpha value is -0.970. The van der Waals surface area contributed by atoms with Gasteiger partial charge in [0.1, 0.15) is 42.7 Å². The van der Waals surface area contributed by atoms with E-state index in [-0.39, 0.29) is 6.54 Å². The third-order valence-corrected chi connectivity index (χ3v) is 4.54. The summed E-state index contributed by atoms with van der Waals surface area (Å²) in [7, 11) is 1.72. The largest absolute Gasteiger partial charge is 0.394 e. The Kier molecular flexibility index (Phi) is 11.4. The molecular formula is C16H32N2O11. The van der Waals surface area contributed by atoms with Gasteiger partial charge in [0.15, 0.2) is 12.4 Å². The molecule has 0 saturated carbocycles. The predicted octanol–water partition coefficient (Wildman–Crippen LogP) is -6.03. The lowest BCUT2D eigenvalue weighted by Gasteiger charge is -2.42. The average Bonchev–Trinajstić information content (AvgIpc) is 2.72. The Balaban J connectivity index is 2.83. The van der Waals surface area contributed by atoms with Gasteiger partial charge in [0.05, 0.1) is 13.2 Å². The minimum absolute atomic E-state index is 0.199. The Bertz CT molecular complexity index is 484. The molecule has 13 heteroatoms. The molecule has 0 spiro atoms. The van der Waals surface area contributed by atoms with E-state index in [1.165, 1.54) is 0 Å². The van der Waals surface area contributed by atoms with Crippen molar-refractivity contribution in [3.63, 3.8) is 0 Å². The van der Waals surface area contributed by atoms with Crippen molar-refractivity contribution in [2.75, 3.05) is 33.4 Å². The Morgan fingerprint density at radius 3 is 2.28 bits per heavy atom. The van der Waals surface area contributed by atoms with Crippen LogP contribution in [0.25, 0.3) is 0 Å². The molecule has 0 aromatic rings. The van der Waals surface area contributed by atoms with Crippen LogP contribution in [0.3, 0.4) is 0 Å². The molecule has 0 aromatic heterocycles. The molecule has 9 atom stereocenters. The summed E-state index contributed by atoms with van der Waals surface area (Å²) in [6, 6.07) is 0. The highest BCUT2D eigenvalue weighted by atomic mass is 16.7. The lowest BCUT2D eigenvalue weighted by atomic mass is 9.98. The molecule has 0 aromatic carbocycles. The molecule has 1 saturated heterocycles. The molecule has 1 aliphatic heterocycles. The summed E-state index contributed by atoms with van der Waals surface area (Å²) >= 11 is 0. The van der Waals surface area contributed by atoms with E-state index in [4.69, 9.17) is 9.47 Å². The zero-order valence-corrected chi connectivity index (χ0v) is 16.0. The van der Waals surface area contributed by atoms with Crippen molar-refractivity contribution < 1.29 is 55.1 Å². The van der Waals surface area contributed by atoms with Crippen LogP contribution >= 0.6 is 0 Å². The van der Waals surface area contributed by atoms with Gasteiger partial charge in [0.2, 0.25) is 0 Å². The minimum Gasteiger partial charge on any atom is -0.394 e. The van der Waals surface area contributed by atoms with E-state index in [1.807, 2.05) is 0 Å². The summed E-state index contributed by atoms with van der Waals surface area (Å²) in [4.78, 5) is 12.0. The monoisotopic (exact) mass is 428 g/mol. The summed E-state index contributed by atoms with van der Waals surface area (Å²) < 4.78 is 10.3. The van der Waals surface area contributed by atoms with Crippen LogP contribution in [0.1, 0.15) is 6.42 Å². The Morgan fingerprint density at radius 2 is 1.72 bits per heavy atom. The van der Waals surface area contributed by atoms with Gasteiger partial charge in [-0.05, 0) is 20.0 Å². The molecule has 1 rings (SSSR count). The highest BCUT2D eigenvalue weighted by molar-refractivity contribution is 5.81. The molecule has 29 heavy (non-hydrogen) atoms. The van der Waals surface area contributed by atoms with Gasteiger partial charge in [-0.25, -0.2) is 0 Å². The lowest BCUT2D eigenvalue weighted by molar-refractivity contribution is -0.326. The van der Waals surface area contributed by atoms with Gasteiger partial charge in [-0.2, -0.15) is 0 Å². The second kappa shape index (κ2) is 12.7. The smallest absolute Gasteiger partial charge is 0.251 e. The van der Waals surface area contributed by atoms with Crippen LogP contribution in [0, 0.1) is 0 Å². The first-order valence-corrected chi connectivity index (χ1v) is 9.22. The number of ether oxygens (including phenoxy) is 2. The molecule has 1 fully saturated rings. The second-order valence-electron chi connectivity index (χ2n) is 6.73. The van der Waals surface area contributed by atoms with Crippen molar-refractivity contribution in [1.29, 1.82) is 0 Å². The van der Waals surface area contributed by atoms with Gasteiger partial charge in [-0.15, -0.1) is 0 Å². The second-order valence-corrected chi connectivity index (χ2v) is 6.73. The normalized spacial score (nSPS) is 31.7. The molecule has 0 radical (unpaired) electrons. The minimum atomic E-state index is -2.05. The number of aliphatic hydroxyl groups excluding tert-OH is 8. The van der Waals surface area contributed by atoms with Crippen molar-refractivity contribution in [2.24, 2.45) is 0 Å². The fraction of sp³-hybridized carbons (Fsp3) is 0.938. The maximum atomic E-state index is 12.0. The Labute approximate surface area is 167 Å². The van der Waals surface area contributed by atoms with E-state index in [9.17, 15) is 45.6 Å². The average molecular weight is 428 g/mol. The van der Waals surface area contributed by atoms with Gasteiger partial charge >= 0.3 is 0 Å². The van der Waals surface area contributed by atoms with Crippen LogP contribution in [-0.2, 0) is 14.3 Å². The fourth-order valence-corrected chi connectivity index (χ4v) is 2.75. The van der Waals surface area contributed by atoms with E-state index in [1.54, 1.807) is 7.05 Å². The van der Waals surface area contributed by atoms with Crippen molar-refractivity contribution in [1.82, 2.24) is 10.6 Å². The lowest BCUT2D eigenvalue weighted by Crippen LogP contribution is -2.62. The zero-order chi connectivity index (χ0) is 22.1. The first-order chi connectivity index (χ1) is 13.7. The fourth-order valence-electron chi connectivity index (χ4n) is 2.75. The summed E-state index contributed by atoms with van der Waals surface area (Å²) in [5.41, 5.74) is 0. The summed E-state index contributed by atoms with van der Waals surface area (Å²) in [5, 5.41) is 83.5. The van der Waals surface area contributed by atoms with E-state index < -0.39 is 74.2 Å². The standard InChI is InChI=1S/C16H32N2O11/c1-17-3-2-4-18-15(27)12(25)11(24)14(7(21)5-19)29-16-13(26)10(23)9(22)8(6-20)28-16/h7-14,16-17,19-26H,2-6H2,1H3,(H,18,27). The van der Waals surface area contributed by atoms with Crippen LogP contribution in [0.15, 0.2) is 0 Å². The maximum Gasteiger partial charge on any atom is 0.251 e. The van der Waals surface area contributed by atoms with Crippen LogP contribution in [0.5, 0.6) is 0 Å². The number of hydrogen-bond donors (Lipinski definition) is 10. The summed E-state index contributed by atoms with van der Waals surface area (Å²) in [5.74, 6) is -0.957. The SMILES string of the molecule is CNCCCNC(=O)C(O)C(O)C(OC1OC(CO)C(O)C(O)C1O)C(O)CO. The molecule has 13 nitrogen and oxygen atoms in total. The van der Waals surface area contributed by atoms with Crippen LogP contribution in [0.4, 0.5) is 0 Å². The van der Waals surface area contributed by atoms with Gasteiger partial charge < -0.3 is 61.0 Å². The molecule has 9 unspecified atom stereocenters. The Morgan fingerprint density at radius 1 is 1.07 bits per heavy atom. The third-order valence-electron chi connectivity index (χ3n) is 4.54. The third kappa shape index (κ3) is 7.04. The highest BCUT2D eigenvalue weighted by Gasteiger charge is 2.47. The van der Waals surface area contributed by atoms with E-state index in [0.29, 0.717) is 13.0 Å². The van der Waals surface area contributed by atoms with Crippen molar-refractivity contribution in [3.05, 3.63) is 0 Å². The quantitative estimate of drug-likeness (QED) is 0.131. The van der Waals surface area contributed by atoms with Crippen LogP contribution < -0.4 is 10.6 Å². The van der Waals surface area contributed by atoms with E-state index in [0.717, 1.165) is 0 Å². The predicted molar refractivity (Wildman–Crippen MR) is 95.3 cm³/mol. The summed E-state index contributed by atoms with van der Waals surface area (Å²) in [6.07, 6.45) is -15.5. The molecule has 1 aliphatic rings. The summed E-state index contributed by atoms with van der Waals surface area (Å²) in [6.45, 7) is -0.872. The number of carbonyl (C=O) groups is 1. The molecule has 1 amide bonds. The first kappa shape index (κ1) is 26.1. The van der Waals surface area contributed by atoms with E-state index >= 15 is 0 Å². The zero-order valence-electron chi connectivity index (χ0n) is 16.0. The number of hydrogen-bond acceptors (Lipinski definition) is 12. The van der Waals surface area contributed by atoms with Gasteiger partial charge in [-0.1, -0.05) is 0 Å².